The number of ether oxygens (including phenoxy) is 3. The Kier molecular flexibility index (Phi) is 6.94. The number of ketones is 1. The molecule has 2 aliphatic heterocycles. The summed E-state index contributed by atoms with van der Waals surface area (Å²) in [5.41, 5.74) is 0.566. The minimum atomic E-state index is -1.44. The van der Waals surface area contributed by atoms with Gasteiger partial charge in [-0.3, -0.25) is 4.79 Å². The van der Waals surface area contributed by atoms with Crippen molar-refractivity contribution in [2.24, 2.45) is 0 Å². The molecule has 0 spiro atoms. The zero-order valence-electron chi connectivity index (χ0n) is 17.9. The van der Waals surface area contributed by atoms with Gasteiger partial charge in [0.05, 0.1) is 12.7 Å². The number of hydrogen-bond donors (Lipinski definition) is 7. The minimum absolute atomic E-state index is 0.0508. The van der Waals surface area contributed by atoms with E-state index in [1.165, 1.54) is 30.3 Å². The van der Waals surface area contributed by atoms with E-state index in [0.717, 1.165) is 6.07 Å². The predicted octanol–water partition coefficient (Wildman–Crippen LogP) is 0.436. The van der Waals surface area contributed by atoms with Crippen LogP contribution in [0.15, 0.2) is 36.4 Å². The Hall–Kier alpha value is -2.93. The van der Waals surface area contributed by atoms with Crippen LogP contribution in [0.5, 0.6) is 23.0 Å². The summed E-state index contributed by atoms with van der Waals surface area (Å²) < 4.78 is 17.6. The van der Waals surface area contributed by atoms with Crippen molar-refractivity contribution in [3.05, 3.63) is 47.5 Å². The van der Waals surface area contributed by atoms with Crippen LogP contribution in [0.25, 0.3) is 0 Å². The molecule has 2 heterocycles. The molecule has 0 radical (unpaired) electrons. The van der Waals surface area contributed by atoms with Crippen molar-refractivity contribution in [1.29, 1.82) is 0 Å². The predicted molar refractivity (Wildman–Crippen MR) is 113 cm³/mol. The Bertz CT molecular complexity index is 1040. The first-order valence-corrected chi connectivity index (χ1v) is 10.7. The fourth-order valence-corrected chi connectivity index (χ4v) is 4.16. The maximum absolute atomic E-state index is 12.7. The van der Waals surface area contributed by atoms with Gasteiger partial charge in [-0.25, -0.2) is 0 Å². The van der Waals surface area contributed by atoms with E-state index < -0.39 is 61.0 Å². The van der Waals surface area contributed by atoms with Gasteiger partial charge in [0, 0.05) is 12.0 Å². The van der Waals surface area contributed by atoms with E-state index in [9.17, 15) is 40.5 Å². The molecule has 2 fully saturated rings. The number of phenolic OH excluding ortho intramolecular Hbond substituents is 4. The smallest absolute Gasteiger partial charge is 0.187 e. The molecule has 184 valence electrons. The lowest BCUT2D eigenvalue weighted by Crippen LogP contribution is -2.63. The lowest BCUT2D eigenvalue weighted by atomic mass is 9.93. The molecular formula is C23H26O11. The van der Waals surface area contributed by atoms with Crippen LogP contribution in [-0.2, 0) is 14.2 Å². The summed E-state index contributed by atoms with van der Waals surface area (Å²) in [6.07, 6.45) is -7.92. The first kappa shape index (κ1) is 24.2. The number of carbonyl (C=O) groups is 1. The third-order valence-corrected chi connectivity index (χ3v) is 6.06. The van der Waals surface area contributed by atoms with Crippen LogP contribution in [0.3, 0.4) is 0 Å². The molecular weight excluding hydrogens is 452 g/mol. The Morgan fingerprint density at radius 1 is 0.794 bits per heavy atom. The molecule has 0 amide bonds. The quantitative estimate of drug-likeness (QED) is 0.225. The van der Waals surface area contributed by atoms with Crippen molar-refractivity contribution in [1.82, 2.24) is 0 Å². The number of rotatable bonds is 6. The molecule has 0 aromatic heterocycles. The van der Waals surface area contributed by atoms with E-state index in [2.05, 4.69) is 0 Å². The van der Waals surface area contributed by atoms with Crippen molar-refractivity contribution >= 4 is 5.78 Å². The van der Waals surface area contributed by atoms with E-state index in [-0.39, 0.29) is 35.7 Å². The van der Waals surface area contributed by atoms with Crippen molar-refractivity contribution in [2.45, 2.75) is 55.8 Å². The van der Waals surface area contributed by atoms with Crippen LogP contribution in [0.2, 0.25) is 0 Å². The third kappa shape index (κ3) is 4.67. The topological polar surface area (TPSA) is 186 Å². The Morgan fingerprint density at radius 2 is 1.44 bits per heavy atom. The Labute approximate surface area is 194 Å². The fraction of sp³-hybridized carbons (Fsp3) is 0.435. The molecule has 0 aliphatic carbocycles. The molecule has 2 saturated heterocycles. The largest absolute Gasteiger partial charge is 0.504 e. The number of Topliss-reactive ketones (excluding diaryl/α,β-unsaturated/α-hetero) is 1. The highest BCUT2D eigenvalue weighted by molar-refractivity contribution is 5.96. The molecule has 2 aliphatic rings. The van der Waals surface area contributed by atoms with Gasteiger partial charge in [0.25, 0.3) is 0 Å². The lowest BCUT2D eigenvalue weighted by molar-refractivity contribution is -0.369. The third-order valence-electron chi connectivity index (χ3n) is 6.06. The van der Waals surface area contributed by atoms with E-state index in [1.54, 1.807) is 0 Å². The highest BCUT2D eigenvalue weighted by Crippen LogP contribution is 2.41. The van der Waals surface area contributed by atoms with Gasteiger partial charge < -0.3 is 50.0 Å². The average Bonchev–Trinajstić information content (AvgIpc) is 2.82. The maximum atomic E-state index is 12.7. The number of hydrogen-bond acceptors (Lipinski definition) is 11. The lowest BCUT2D eigenvalue weighted by Gasteiger charge is -2.48. The van der Waals surface area contributed by atoms with Crippen molar-refractivity contribution in [3.63, 3.8) is 0 Å². The summed E-state index contributed by atoms with van der Waals surface area (Å²) in [5, 5.41) is 68.8. The second kappa shape index (κ2) is 9.74. The first-order valence-electron chi connectivity index (χ1n) is 10.7. The molecule has 7 atom stereocenters. The maximum Gasteiger partial charge on any atom is 0.187 e. The summed E-state index contributed by atoms with van der Waals surface area (Å²) in [4.78, 5) is 12.7. The molecule has 0 bridgehead atoms. The van der Waals surface area contributed by atoms with Gasteiger partial charge >= 0.3 is 0 Å². The molecule has 7 N–H and O–H groups in total. The summed E-state index contributed by atoms with van der Waals surface area (Å²) in [6.45, 7) is -0.562. The molecule has 11 heteroatoms. The van der Waals surface area contributed by atoms with Crippen LogP contribution in [0.1, 0.15) is 34.9 Å². The Morgan fingerprint density at radius 3 is 2.09 bits per heavy atom. The number of aliphatic hydroxyl groups excluding tert-OH is 3. The van der Waals surface area contributed by atoms with Gasteiger partial charge in [0.2, 0.25) is 0 Å². The van der Waals surface area contributed by atoms with Gasteiger partial charge in [0.1, 0.15) is 30.5 Å². The van der Waals surface area contributed by atoms with Gasteiger partial charge in [-0.1, -0.05) is 6.07 Å². The number of phenols is 4. The monoisotopic (exact) mass is 478 g/mol. The fourth-order valence-electron chi connectivity index (χ4n) is 4.16. The molecule has 2 aromatic carbocycles. The van der Waals surface area contributed by atoms with Gasteiger partial charge in [-0.15, -0.1) is 0 Å². The summed E-state index contributed by atoms with van der Waals surface area (Å²) in [5.74, 6) is -1.88. The second-order valence-corrected chi connectivity index (χ2v) is 8.32. The normalized spacial score (nSPS) is 31.1. The number of aromatic hydroxyl groups is 4. The minimum Gasteiger partial charge on any atom is -0.504 e. The van der Waals surface area contributed by atoms with Crippen molar-refractivity contribution < 1.29 is 54.8 Å². The van der Waals surface area contributed by atoms with Crippen LogP contribution < -0.4 is 0 Å². The summed E-state index contributed by atoms with van der Waals surface area (Å²) >= 11 is 0. The number of fused-ring (bicyclic) bond motifs is 1. The van der Waals surface area contributed by atoms with Crippen LogP contribution >= 0.6 is 0 Å². The van der Waals surface area contributed by atoms with Crippen LogP contribution in [0.4, 0.5) is 0 Å². The molecule has 34 heavy (non-hydrogen) atoms. The summed E-state index contributed by atoms with van der Waals surface area (Å²) in [6, 6.07) is 7.72. The zero-order valence-corrected chi connectivity index (χ0v) is 17.9. The molecule has 4 rings (SSSR count). The number of aliphatic hydroxyl groups is 3. The average molecular weight is 478 g/mol. The molecule has 11 nitrogen and oxygen atoms in total. The second-order valence-electron chi connectivity index (χ2n) is 8.32. The summed E-state index contributed by atoms with van der Waals surface area (Å²) in [7, 11) is 0. The SMILES string of the molecule is O=C(CC[C@H]1OC2OC(CO)[C@@H](O)C(O)[C@H]2OC1c1ccc(O)c(O)c1)c1ccc(O)c(O)c1. The van der Waals surface area contributed by atoms with Gasteiger partial charge in [-0.2, -0.15) is 0 Å². The van der Waals surface area contributed by atoms with E-state index in [4.69, 9.17) is 14.2 Å². The standard InChI is InChI=1S/C23H26O11/c24-9-18-19(30)20(31)22-23(33-18)32-17(21(34-22)11-2-4-14(27)16(29)8-11)6-5-12(25)10-1-3-13(26)15(28)7-10/h1-4,7-8,17-24,26-31H,5-6,9H2/t17-,18?,19-,20?,21?,22-,23?/m1/s1. The van der Waals surface area contributed by atoms with Crippen molar-refractivity contribution in [3.8, 4) is 23.0 Å². The highest BCUT2D eigenvalue weighted by atomic mass is 16.7. The number of benzene rings is 2. The first-order chi connectivity index (χ1) is 16.2. The van der Waals surface area contributed by atoms with Gasteiger partial charge in [0.15, 0.2) is 35.1 Å². The molecule has 0 saturated carbocycles. The van der Waals surface area contributed by atoms with Gasteiger partial charge in [-0.05, 0) is 42.3 Å². The molecule has 4 unspecified atom stereocenters. The Balaban J connectivity index is 1.57. The van der Waals surface area contributed by atoms with E-state index in [0.29, 0.717) is 5.56 Å². The van der Waals surface area contributed by atoms with Crippen molar-refractivity contribution in [2.75, 3.05) is 6.61 Å². The van der Waals surface area contributed by atoms with Crippen LogP contribution in [-0.4, -0.2) is 84.9 Å². The number of carbonyl (C=O) groups excluding carboxylic acids is 1. The van der Waals surface area contributed by atoms with Crippen LogP contribution in [0, 0.1) is 0 Å². The van der Waals surface area contributed by atoms with E-state index in [1.807, 2.05) is 0 Å². The highest BCUT2D eigenvalue weighted by Gasteiger charge is 2.51. The molecule has 2 aromatic rings. The van der Waals surface area contributed by atoms with E-state index >= 15 is 0 Å². The zero-order chi connectivity index (χ0) is 24.6.